The monoisotopic (exact) mass is 366 g/mol. The molecule has 2 bridgehead atoms. The maximum atomic E-state index is 12.8. The summed E-state index contributed by atoms with van der Waals surface area (Å²) in [5.74, 6) is 2.02. The maximum Gasteiger partial charge on any atom is 0.227 e. The first-order chi connectivity index (χ1) is 11.6. The number of halogens is 1. The molecule has 2 aliphatic rings. The van der Waals surface area contributed by atoms with E-state index in [0.29, 0.717) is 24.5 Å². The zero-order chi connectivity index (χ0) is 17.1. The van der Waals surface area contributed by atoms with Crippen molar-refractivity contribution in [1.82, 2.24) is 0 Å². The van der Waals surface area contributed by atoms with E-state index in [0.717, 1.165) is 36.3 Å². The third-order valence-electron chi connectivity index (χ3n) is 5.64. The molecular formula is C20H31ClN2O2. The Morgan fingerprint density at radius 3 is 2.60 bits per heavy atom. The van der Waals surface area contributed by atoms with E-state index in [9.17, 15) is 4.79 Å². The van der Waals surface area contributed by atoms with Crippen molar-refractivity contribution in [2.24, 2.45) is 23.5 Å². The Morgan fingerprint density at radius 2 is 1.96 bits per heavy atom. The third-order valence-corrected chi connectivity index (χ3v) is 5.64. The van der Waals surface area contributed by atoms with Gasteiger partial charge >= 0.3 is 0 Å². The van der Waals surface area contributed by atoms with Gasteiger partial charge in [0.2, 0.25) is 5.91 Å². The van der Waals surface area contributed by atoms with Crippen molar-refractivity contribution in [3.8, 4) is 5.75 Å². The lowest BCUT2D eigenvalue weighted by Gasteiger charge is -2.43. The fraction of sp³-hybridized carbons (Fsp3) is 0.650. The minimum Gasteiger partial charge on any atom is -0.491 e. The van der Waals surface area contributed by atoms with E-state index in [4.69, 9.17) is 10.5 Å². The highest BCUT2D eigenvalue weighted by Gasteiger charge is 2.40. The van der Waals surface area contributed by atoms with Crippen LogP contribution in [-0.2, 0) is 4.79 Å². The highest BCUT2D eigenvalue weighted by atomic mass is 35.5. The Balaban J connectivity index is 0.00000225. The molecule has 0 spiro atoms. The number of rotatable bonds is 5. The summed E-state index contributed by atoms with van der Waals surface area (Å²) in [4.78, 5) is 12.8. The molecule has 1 aromatic carbocycles. The number of nitrogens with one attached hydrogen (secondary N) is 1. The lowest BCUT2D eigenvalue weighted by atomic mass is 9.65. The SMILES string of the molecule is CCCOc1cc(C)ccc1NC(=O)C1CC2CCCC(C1)C2N.Cl. The minimum absolute atomic E-state index is 0. The smallest absolute Gasteiger partial charge is 0.227 e. The molecule has 3 rings (SSSR count). The highest BCUT2D eigenvalue weighted by molar-refractivity contribution is 5.94. The van der Waals surface area contributed by atoms with Crippen LogP contribution in [0.5, 0.6) is 5.75 Å². The number of carbonyl (C=O) groups is 1. The molecule has 3 N–H and O–H groups in total. The van der Waals surface area contributed by atoms with Crippen LogP contribution in [-0.4, -0.2) is 18.6 Å². The van der Waals surface area contributed by atoms with Crippen LogP contribution >= 0.6 is 12.4 Å². The van der Waals surface area contributed by atoms with Gasteiger partial charge in [0.15, 0.2) is 0 Å². The number of aryl methyl sites for hydroxylation is 1. The zero-order valence-electron chi connectivity index (χ0n) is 15.3. The predicted molar refractivity (Wildman–Crippen MR) is 104 cm³/mol. The maximum absolute atomic E-state index is 12.8. The Labute approximate surface area is 157 Å². The number of benzene rings is 1. The number of hydrogen-bond donors (Lipinski definition) is 2. The molecule has 2 unspecified atom stereocenters. The van der Waals surface area contributed by atoms with Crippen LogP contribution in [0.2, 0.25) is 0 Å². The van der Waals surface area contributed by atoms with Crippen molar-refractivity contribution in [2.75, 3.05) is 11.9 Å². The van der Waals surface area contributed by atoms with E-state index in [1.165, 1.54) is 19.3 Å². The van der Waals surface area contributed by atoms with Crippen molar-refractivity contribution < 1.29 is 9.53 Å². The molecule has 0 radical (unpaired) electrons. The molecule has 2 atom stereocenters. The van der Waals surface area contributed by atoms with Crippen LogP contribution in [0.3, 0.4) is 0 Å². The first kappa shape index (κ1) is 20.1. The lowest BCUT2D eigenvalue weighted by molar-refractivity contribution is -0.122. The molecule has 4 nitrogen and oxygen atoms in total. The fourth-order valence-corrected chi connectivity index (χ4v) is 4.30. The Hall–Kier alpha value is -1.26. The molecule has 0 aromatic heterocycles. The Kier molecular flexibility index (Phi) is 7.14. The van der Waals surface area contributed by atoms with Gasteiger partial charge in [-0.2, -0.15) is 0 Å². The summed E-state index contributed by atoms with van der Waals surface area (Å²) >= 11 is 0. The molecule has 140 valence electrons. The Bertz CT molecular complexity index is 579. The lowest BCUT2D eigenvalue weighted by Crippen LogP contribution is -2.48. The van der Waals surface area contributed by atoms with Crippen molar-refractivity contribution in [2.45, 2.75) is 58.4 Å². The van der Waals surface area contributed by atoms with E-state index < -0.39 is 0 Å². The molecule has 0 heterocycles. The van der Waals surface area contributed by atoms with Crippen LogP contribution in [0.1, 0.15) is 51.0 Å². The quantitative estimate of drug-likeness (QED) is 0.816. The van der Waals surface area contributed by atoms with Crippen molar-refractivity contribution in [3.05, 3.63) is 23.8 Å². The standard InChI is InChI=1S/C20H30N2O2.ClH/c1-3-9-24-18-10-13(2)7-8-17(18)22-20(23)16-11-14-5-4-6-15(12-16)19(14)21;/h7-8,10,14-16,19H,3-6,9,11-12,21H2,1-2H3,(H,22,23);1H. The van der Waals surface area contributed by atoms with E-state index in [1.807, 2.05) is 25.1 Å². The highest BCUT2D eigenvalue weighted by Crippen LogP contribution is 2.42. The molecule has 0 saturated heterocycles. The van der Waals surface area contributed by atoms with Gasteiger partial charge in [0.1, 0.15) is 5.75 Å². The summed E-state index contributed by atoms with van der Waals surface area (Å²) in [6, 6.07) is 6.26. The van der Waals surface area contributed by atoms with Crippen molar-refractivity contribution in [3.63, 3.8) is 0 Å². The first-order valence-corrected chi connectivity index (χ1v) is 9.38. The van der Waals surface area contributed by atoms with Gasteiger partial charge in [0.05, 0.1) is 12.3 Å². The second-order valence-corrected chi connectivity index (χ2v) is 7.53. The average molecular weight is 367 g/mol. The molecule has 0 aliphatic heterocycles. The molecule has 2 fully saturated rings. The number of hydrogen-bond acceptors (Lipinski definition) is 3. The minimum atomic E-state index is 0. The molecule has 1 amide bonds. The number of ether oxygens (including phenoxy) is 1. The molecular weight excluding hydrogens is 336 g/mol. The van der Waals surface area contributed by atoms with Gasteiger partial charge in [0, 0.05) is 12.0 Å². The number of anilines is 1. The van der Waals surface area contributed by atoms with Crippen molar-refractivity contribution >= 4 is 24.0 Å². The van der Waals surface area contributed by atoms with Crippen molar-refractivity contribution in [1.29, 1.82) is 0 Å². The predicted octanol–water partition coefficient (Wildman–Crippen LogP) is 4.30. The van der Waals surface area contributed by atoms with Crippen LogP contribution in [0.15, 0.2) is 18.2 Å². The van der Waals surface area contributed by atoms with Gasteiger partial charge in [0.25, 0.3) is 0 Å². The zero-order valence-corrected chi connectivity index (χ0v) is 16.1. The topological polar surface area (TPSA) is 64.3 Å². The summed E-state index contributed by atoms with van der Waals surface area (Å²) in [5.41, 5.74) is 8.27. The van der Waals surface area contributed by atoms with E-state index >= 15 is 0 Å². The van der Waals surface area contributed by atoms with Crippen LogP contribution in [0, 0.1) is 24.7 Å². The second-order valence-electron chi connectivity index (χ2n) is 7.53. The largest absolute Gasteiger partial charge is 0.491 e. The van der Waals surface area contributed by atoms with Gasteiger partial charge in [-0.05, 0) is 68.6 Å². The summed E-state index contributed by atoms with van der Waals surface area (Å²) < 4.78 is 5.81. The van der Waals surface area contributed by atoms with Gasteiger partial charge in [-0.3, -0.25) is 4.79 Å². The molecule has 1 aromatic rings. The van der Waals surface area contributed by atoms with E-state index in [-0.39, 0.29) is 24.2 Å². The van der Waals surface area contributed by atoms with Crippen LogP contribution in [0.4, 0.5) is 5.69 Å². The molecule has 2 saturated carbocycles. The number of carbonyl (C=O) groups excluding carboxylic acids is 1. The van der Waals surface area contributed by atoms with Gasteiger partial charge in [-0.1, -0.05) is 19.4 Å². The second kappa shape index (κ2) is 8.91. The van der Waals surface area contributed by atoms with E-state index in [1.54, 1.807) is 0 Å². The van der Waals surface area contributed by atoms with Gasteiger partial charge < -0.3 is 15.8 Å². The Morgan fingerprint density at radius 1 is 1.28 bits per heavy atom. The normalized spacial score (nSPS) is 28.0. The summed E-state index contributed by atoms with van der Waals surface area (Å²) in [5, 5.41) is 3.12. The van der Waals surface area contributed by atoms with Gasteiger partial charge in [-0.25, -0.2) is 0 Å². The van der Waals surface area contributed by atoms with Crippen LogP contribution < -0.4 is 15.8 Å². The number of nitrogens with two attached hydrogens (primary N) is 1. The fourth-order valence-electron chi connectivity index (χ4n) is 4.30. The van der Waals surface area contributed by atoms with E-state index in [2.05, 4.69) is 12.2 Å². The number of amides is 1. The first-order valence-electron chi connectivity index (χ1n) is 9.38. The summed E-state index contributed by atoms with van der Waals surface area (Å²) in [6.07, 6.45) is 6.43. The summed E-state index contributed by atoms with van der Waals surface area (Å²) in [7, 11) is 0. The third kappa shape index (κ3) is 4.68. The van der Waals surface area contributed by atoms with Gasteiger partial charge in [-0.15, -0.1) is 12.4 Å². The molecule has 5 heteroatoms. The molecule has 2 aliphatic carbocycles. The number of fused-ring (bicyclic) bond motifs is 2. The average Bonchev–Trinajstić information content (AvgIpc) is 2.54. The van der Waals surface area contributed by atoms with Crippen LogP contribution in [0.25, 0.3) is 0 Å². The molecule has 25 heavy (non-hydrogen) atoms. The summed E-state index contributed by atoms with van der Waals surface area (Å²) in [6.45, 7) is 4.78.